The Labute approximate surface area is 129 Å². The van der Waals surface area contributed by atoms with Crippen LogP contribution in [0.3, 0.4) is 0 Å². The van der Waals surface area contributed by atoms with E-state index >= 15 is 0 Å². The van der Waals surface area contributed by atoms with Crippen LogP contribution >= 0.6 is 0 Å². The summed E-state index contributed by atoms with van der Waals surface area (Å²) in [6.07, 6.45) is 2.01. The Morgan fingerprint density at radius 2 is 2.18 bits per heavy atom. The molecule has 2 aromatic rings. The molecule has 6 nitrogen and oxygen atoms in total. The average Bonchev–Trinajstić information content (AvgIpc) is 2.96. The minimum Gasteiger partial charge on any atom is -0.494 e. The molecule has 0 bridgehead atoms. The van der Waals surface area contributed by atoms with Crippen molar-refractivity contribution in [1.82, 2.24) is 15.5 Å². The van der Waals surface area contributed by atoms with Crippen LogP contribution in [-0.2, 0) is 17.8 Å². The number of nitrogens with zero attached hydrogens (tertiary/aromatic N) is 1. The molecule has 1 aromatic carbocycles. The molecule has 0 atom stereocenters. The Balaban J connectivity index is 1.42. The molecular formula is C16H20N4O2. The number of carbonyl (C=O) groups excluding carboxylic acids is 1. The van der Waals surface area contributed by atoms with Crippen LogP contribution in [0.4, 0.5) is 5.82 Å². The fourth-order valence-corrected chi connectivity index (χ4v) is 2.46. The van der Waals surface area contributed by atoms with E-state index in [0.717, 1.165) is 36.5 Å². The summed E-state index contributed by atoms with van der Waals surface area (Å²) >= 11 is 0. The van der Waals surface area contributed by atoms with Gasteiger partial charge in [-0.3, -0.25) is 9.89 Å². The second-order valence-corrected chi connectivity index (χ2v) is 5.27. The molecule has 116 valence electrons. The molecule has 3 rings (SSSR count). The molecular weight excluding hydrogens is 280 g/mol. The number of hydrogen-bond donors (Lipinski definition) is 3. The van der Waals surface area contributed by atoms with Crippen LogP contribution in [0.15, 0.2) is 30.3 Å². The van der Waals surface area contributed by atoms with Gasteiger partial charge >= 0.3 is 0 Å². The fourth-order valence-electron chi connectivity index (χ4n) is 2.46. The second-order valence-electron chi connectivity index (χ2n) is 5.27. The van der Waals surface area contributed by atoms with Gasteiger partial charge in [0.2, 0.25) is 5.91 Å². The molecule has 3 N–H and O–H groups in total. The molecule has 0 fully saturated rings. The molecule has 1 aliphatic rings. The van der Waals surface area contributed by atoms with Crippen molar-refractivity contribution in [3.05, 3.63) is 41.6 Å². The van der Waals surface area contributed by atoms with E-state index < -0.39 is 0 Å². The van der Waals surface area contributed by atoms with E-state index in [2.05, 4.69) is 20.8 Å². The quantitative estimate of drug-likeness (QED) is 0.711. The van der Waals surface area contributed by atoms with Crippen molar-refractivity contribution in [3.63, 3.8) is 0 Å². The molecule has 0 aliphatic carbocycles. The molecule has 0 unspecified atom stereocenters. The van der Waals surface area contributed by atoms with Gasteiger partial charge in [-0.1, -0.05) is 18.2 Å². The lowest BCUT2D eigenvalue weighted by atomic mass is 10.1. The maximum Gasteiger partial charge on any atom is 0.225 e. The number of carbonyl (C=O) groups is 1. The first-order chi connectivity index (χ1) is 10.8. The SMILES string of the molecule is O=C(CCCOc1ccccc1)Nc1n[nH]c2c1CNCC2. The van der Waals surface area contributed by atoms with E-state index in [4.69, 9.17) is 4.74 Å². The number of fused-ring (bicyclic) bond motifs is 1. The molecule has 0 spiro atoms. The first kappa shape index (κ1) is 14.6. The first-order valence-electron chi connectivity index (χ1n) is 7.57. The third-order valence-corrected chi connectivity index (χ3v) is 3.62. The Hall–Kier alpha value is -2.34. The second kappa shape index (κ2) is 7.09. The van der Waals surface area contributed by atoms with Crippen molar-refractivity contribution >= 4 is 11.7 Å². The Kier molecular flexibility index (Phi) is 4.70. The topological polar surface area (TPSA) is 79.0 Å². The Morgan fingerprint density at radius 1 is 1.32 bits per heavy atom. The average molecular weight is 300 g/mol. The minimum absolute atomic E-state index is 0.0310. The van der Waals surface area contributed by atoms with Crippen molar-refractivity contribution in [2.24, 2.45) is 0 Å². The van der Waals surface area contributed by atoms with Gasteiger partial charge in [-0.25, -0.2) is 0 Å². The molecule has 0 saturated heterocycles. The lowest BCUT2D eigenvalue weighted by molar-refractivity contribution is -0.116. The summed E-state index contributed by atoms with van der Waals surface area (Å²) < 4.78 is 5.57. The maximum atomic E-state index is 12.0. The van der Waals surface area contributed by atoms with Crippen molar-refractivity contribution in [2.75, 3.05) is 18.5 Å². The summed E-state index contributed by atoms with van der Waals surface area (Å²) in [5, 5.41) is 13.3. The molecule has 2 heterocycles. The third-order valence-electron chi connectivity index (χ3n) is 3.62. The highest BCUT2D eigenvalue weighted by Crippen LogP contribution is 2.19. The van der Waals surface area contributed by atoms with Crippen LogP contribution in [0.1, 0.15) is 24.1 Å². The number of hydrogen-bond acceptors (Lipinski definition) is 4. The summed E-state index contributed by atoms with van der Waals surface area (Å²) in [5.41, 5.74) is 2.18. The van der Waals surface area contributed by atoms with Crippen LogP contribution < -0.4 is 15.4 Å². The minimum atomic E-state index is -0.0310. The third kappa shape index (κ3) is 3.65. The zero-order valence-electron chi connectivity index (χ0n) is 12.4. The van der Waals surface area contributed by atoms with Gasteiger partial charge in [-0.2, -0.15) is 5.10 Å². The van der Waals surface area contributed by atoms with Gasteiger partial charge in [-0.05, 0) is 18.6 Å². The first-order valence-corrected chi connectivity index (χ1v) is 7.57. The summed E-state index contributed by atoms with van der Waals surface area (Å²) in [7, 11) is 0. The molecule has 6 heteroatoms. The Morgan fingerprint density at radius 3 is 3.05 bits per heavy atom. The summed E-state index contributed by atoms with van der Waals surface area (Å²) in [6, 6.07) is 9.61. The number of H-pyrrole nitrogens is 1. The number of ether oxygens (including phenoxy) is 1. The zero-order valence-corrected chi connectivity index (χ0v) is 12.4. The number of aromatic nitrogens is 2. The lowest BCUT2D eigenvalue weighted by Gasteiger charge is -2.13. The smallest absolute Gasteiger partial charge is 0.225 e. The molecule has 0 saturated carbocycles. The van der Waals surface area contributed by atoms with Crippen LogP contribution in [0.25, 0.3) is 0 Å². The van der Waals surface area contributed by atoms with E-state index in [1.54, 1.807) is 0 Å². The van der Waals surface area contributed by atoms with E-state index in [1.807, 2.05) is 30.3 Å². The number of para-hydroxylation sites is 1. The highest BCUT2D eigenvalue weighted by molar-refractivity contribution is 5.90. The Bertz CT molecular complexity index is 624. The summed E-state index contributed by atoms with van der Waals surface area (Å²) in [5.74, 6) is 1.45. The highest BCUT2D eigenvalue weighted by atomic mass is 16.5. The molecule has 1 aliphatic heterocycles. The summed E-state index contributed by atoms with van der Waals surface area (Å²) in [6.45, 7) is 2.22. The number of nitrogens with one attached hydrogen (secondary N) is 3. The molecule has 1 amide bonds. The molecule has 1 aromatic heterocycles. The van der Waals surface area contributed by atoms with Gasteiger partial charge in [0.25, 0.3) is 0 Å². The standard InChI is InChI=1S/C16H20N4O2/c21-15(7-4-10-22-12-5-2-1-3-6-12)18-16-13-11-17-9-8-14(13)19-20-16/h1-3,5-6,17H,4,7-11H2,(H2,18,19,20,21). The van der Waals surface area contributed by atoms with Crippen LogP contribution in [0.2, 0.25) is 0 Å². The van der Waals surface area contributed by atoms with Gasteiger partial charge in [0.1, 0.15) is 5.75 Å². The van der Waals surface area contributed by atoms with Crippen LogP contribution in [-0.4, -0.2) is 29.3 Å². The van der Waals surface area contributed by atoms with Crippen LogP contribution in [0, 0.1) is 0 Å². The van der Waals surface area contributed by atoms with Crippen molar-refractivity contribution in [2.45, 2.75) is 25.8 Å². The number of amides is 1. The highest BCUT2D eigenvalue weighted by Gasteiger charge is 2.17. The van der Waals surface area contributed by atoms with E-state index in [0.29, 0.717) is 25.3 Å². The van der Waals surface area contributed by atoms with Gasteiger partial charge in [-0.15, -0.1) is 0 Å². The van der Waals surface area contributed by atoms with E-state index in [1.165, 1.54) is 0 Å². The summed E-state index contributed by atoms with van der Waals surface area (Å²) in [4.78, 5) is 12.0. The normalized spacial score (nSPS) is 13.5. The van der Waals surface area contributed by atoms with Crippen molar-refractivity contribution in [1.29, 1.82) is 0 Å². The van der Waals surface area contributed by atoms with E-state index in [9.17, 15) is 4.79 Å². The van der Waals surface area contributed by atoms with Gasteiger partial charge < -0.3 is 15.4 Å². The zero-order chi connectivity index (χ0) is 15.2. The van der Waals surface area contributed by atoms with Gasteiger partial charge in [0.15, 0.2) is 5.82 Å². The number of anilines is 1. The van der Waals surface area contributed by atoms with Crippen molar-refractivity contribution in [3.8, 4) is 5.75 Å². The van der Waals surface area contributed by atoms with E-state index in [-0.39, 0.29) is 5.91 Å². The number of aromatic amines is 1. The lowest BCUT2D eigenvalue weighted by Crippen LogP contribution is -2.24. The monoisotopic (exact) mass is 300 g/mol. The predicted molar refractivity (Wildman–Crippen MR) is 83.8 cm³/mol. The number of rotatable bonds is 6. The van der Waals surface area contributed by atoms with Crippen molar-refractivity contribution < 1.29 is 9.53 Å². The van der Waals surface area contributed by atoms with Gasteiger partial charge in [0.05, 0.1) is 6.61 Å². The maximum absolute atomic E-state index is 12.0. The number of benzene rings is 1. The van der Waals surface area contributed by atoms with Gasteiger partial charge in [0, 0.05) is 37.2 Å². The largest absolute Gasteiger partial charge is 0.494 e. The van der Waals surface area contributed by atoms with Crippen LogP contribution in [0.5, 0.6) is 5.75 Å². The fraction of sp³-hybridized carbons (Fsp3) is 0.375. The molecule has 0 radical (unpaired) electrons. The predicted octanol–water partition coefficient (Wildman–Crippen LogP) is 1.85. The molecule has 22 heavy (non-hydrogen) atoms.